The number of nitrogens with one attached hydrogen (secondary N) is 1. The van der Waals surface area contributed by atoms with Crippen molar-refractivity contribution >= 4 is 46.9 Å². The highest BCUT2D eigenvalue weighted by molar-refractivity contribution is 6.02. The standard InChI is InChI=1S/C45H54N10O8/c1-3-18-51(4-2)27-41(58)62-28-42(59)63-38-11-6-5-8-33(38)34-23-37(44(46)50-49-34)55-25-31(24-47-55)53-20-19-52(26-40(53)57)30-14-12-29(13-15-30)32-9-7-10-35-43(32)61-22-21-54(35)36-16-17-39(56)48-45(36)60/h5-11,23-25,29-30,36H,3-4,12-22,26-28H2,1-2H3,(H2,46,50)(H,48,56,60). The largest absolute Gasteiger partial charge is 0.489 e. The minimum Gasteiger partial charge on any atom is -0.489 e. The number of hydrogen-bond acceptors (Lipinski definition) is 15. The fourth-order valence-electron chi connectivity index (χ4n) is 9.19. The second-order valence-corrected chi connectivity index (χ2v) is 16.4. The highest BCUT2D eigenvalue weighted by Gasteiger charge is 2.38. The number of piperidine rings is 1. The van der Waals surface area contributed by atoms with E-state index in [1.165, 1.54) is 0 Å². The molecule has 5 heterocycles. The van der Waals surface area contributed by atoms with Gasteiger partial charge in [-0.1, -0.05) is 38.1 Å². The molecule has 2 aromatic carbocycles. The topological polar surface area (TPSA) is 208 Å². The Morgan fingerprint density at radius 2 is 1.78 bits per heavy atom. The van der Waals surface area contributed by atoms with Crippen LogP contribution >= 0.6 is 0 Å². The van der Waals surface area contributed by atoms with Crippen molar-refractivity contribution < 1.29 is 38.2 Å². The third-order valence-corrected chi connectivity index (χ3v) is 12.4. The van der Waals surface area contributed by atoms with Gasteiger partial charge in [0.25, 0.3) is 0 Å². The zero-order valence-corrected chi connectivity index (χ0v) is 35.7. The number of benzene rings is 2. The Morgan fingerprint density at radius 3 is 2.56 bits per heavy atom. The number of nitrogens with zero attached hydrogens (tertiary/aromatic N) is 8. The van der Waals surface area contributed by atoms with E-state index in [1.54, 1.807) is 52.3 Å². The number of amides is 3. The molecule has 63 heavy (non-hydrogen) atoms. The summed E-state index contributed by atoms with van der Waals surface area (Å²) in [5.41, 5.74) is 10.2. The quantitative estimate of drug-likeness (QED) is 0.106. The predicted octanol–water partition coefficient (Wildman–Crippen LogP) is 3.47. The van der Waals surface area contributed by atoms with Gasteiger partial charge in [-0.05, 0) is 87.4 Å². The summed E-state index contributed by atoms with van der Waals surface area (Å²) < 4.78 is 18.6. The van der Waals surface area contributed by atoms with E-state index in [-0.39, 0.29) is 41.9 Å². The van der Waals surface area contributed by atoms with Crippen molar-refractivity contribution in [1.29, 1.82) is 0 Å². The van der Waals surface area contributed by atoms with Crippen molar-refractivity contribution in [3.63, 3.8) is 0 Å². The highest BCUT2D eigenvalue weighted by atomic mass is 16.6. The lowest BCUT2D eigenvalue weighted by Gasteiger charge is -2.42. The summed E-state index contributed by atoms with van der Waals surface area (Å²) in [5.74, 6) is -0.297. The van der Waals surface area contributed by atoms with Crippen molar-refractivity contribution in [2.45, 2.75) is 76.8 Å². The van der Waals surface area contributed by atoms with Crippen LogP contribution < -0.4 is 30.3 Å². The number of ether oxygens (including phenoxy) is 3. The van der Waals surface area contributed by atoms with Crippen LogP contribution in [0.1, 0.15) is 70.3 Å². The summed E-state index contributed by atoms with van der Waals surface area (Å²) in [7, 11) is 0. The second kappa shape index (κ2) is 19.3. The maximum Gasteiger partial charge on any atom is 0.349 e. The predicted molar refractivity (Wildman–Crippen MR) is 232 cm³/mol. The van der Waals surface area contributed by atoms with E-state index < -0.39 is 24.6 Å². The van der Waals surface area contributed by atoms with Gasteiger partial charge in [-0.25, -0.2) is 9.48 Å². The molecule has 332 valence electrons. The summed E-state index contributed by atoms with van der Waals surface area (Å²) in [5, 5.41) is 15.5. The molecule has 3 N–H and O–H groups in total. The Hall–Kier alpha value is -6.40. The second-order valence-electron chi connectivity index (χ2n) is 16.4. The third kappa shape index (κ3) is 9.66. The number of para-hydroxylation sites is 2. The molecule has 1 saturated carbocycles. The van der Waals surface area contributed by atoms with E-state index in [1.807, 2.05) is 30.9 Å². The summed E-state index contributed by atoms with van der Waals surface area (Å²) in [6.07, 6.45) is 8.87. The number of likely N-dealkylation sites (N-methyl/N-ethyl adjacent to an activating group) is 1. The Balaban J connectivity index is 0.869. The number of esters is 2. The van der Waals surface area contributed by atoms with Crippen LogP contribution in [-0.2, 0) is 28.7 Å². The molecule has 3 fully saturated rings. The van der Waals surface area contributed by atoms with E-state index in [4.69, 9.17) is 19.9 Å². The summed E-state index contributed by atoms with van der Waals surface area (Å²) in [4.78, 5) is 71.4. The van der Waals surface area contributed by atoms with Crippen LogP contribution in [0.4, 0.5) is 17.2 Å². The van der Waals surface area contributed by atoms with Gasteiger partial charge in [0.1, 0.15) is 29.8 Å². The Labute approximate surface area is 365 Å². The molecule has 0 spiro atoms. The van der Waals surface area contributed by atoms with Gasteiger partial charge < -0.3 is 29.7 Å². The first-order valence-corrected chi connectivity index (χ1v) is 21.9. The van der Waals surface area contributed by atoms with Crippen LogP contribution in [0.25, 0.3) is 16.9 Å². The number of anilines is 3. The molecular formula is C45H54N10O8. The fraction of sp³-hybridized carbons (Fsp3) is 0.467. The van der Waals surface area contributed by atoms with E-state index in [2.05, 4.69) is 36.5 Å². The molecule has 3 aliphatic heterocycles. The van der Waals surface area contributed by atoms with E-state index in [0.29, 0.717) is 80.7 Å². The number of aromatic nitrogens is 4. The third-order valence-electron chi connectivity index (χ3n) is 12.4. The van der Waals surface area contributed by atoms with Gasteiger partial charge >= 0.3 is 11.9 Å². The Morgan fingerprint density at radius 1 is 0.952 bits per heavy atom. The average Bonchev–Trinajstić information content (AvgIpc) is 3.78. The number of piperazine rings is 1. The number of carbonyl (C=O) groups is 5. The molecule has 2 aromatic heterocycles. The molecule has 0 radical (unpaired) electrons. The molecule has 1 aliphatic carbocycles. The van der Waals surface area contributed by atoms with Crippen molar-refractivity contribution in [2.24, 2.45) is 0 Å². The molecule has 8 rings (SSSR count). The lowest BCUT2D eigenvalue weighted by atomic mass is 9.80. The van der Waals surface area contributed by atoms with Gasteiger partial charge in [0, 0.05) is 31.1 Å². The first kappa shape index (κ1) is 43.3. The van der Waals surface area contributed by atoms with Gasteiger partial charge in [0.05, 0.1) is 49.1 Å². The zero-order chi connectivity index (χ0) is 44.0. The maximum atomic E-state index is 13.7. The van der Waals surface area contributed by atoms with Crippen LogP contribution in [0.3, 0.4) is 0 Å². The van der Waals surface area contributed by atoms with Gasteiger partial charge in [0.2, 0.25) is 17.7 Å². The molecule has 3 amide bonds. The minimum absolute atomic E-state index is 0.0198. The number of nitrogens with two attached hydrogens (primary N) is 1. The summed E-state index contributed by atoms with van der Waals surface area (Å²) >= 11 is 0. The number of rotatable bonds is 14. The van der Waals surface area contributed by atoms with Crippen molar-refractivity contribution in [1.82, 2.24) is 35.1 Å². The minimum atomic E-state index is -0.741. The normalized spacial score (nSPS) is 20.6. The summed E-state index contributed by atoms with van der Waals surface area (Å²) in [6.45, 7) is 7.54. The van der Waals surface area contributed by atoms with Crippen LogP contribution in [0.5, 0.6) is 11.5 Å². The Kier molecular flexibility index (Phi) is 13.3. The van der Waals surface area contributed by atoms with Crippen molar-refractivity contribution in [2.75, 3.05) is 74.6 Å². The van der Waals surface area contributed by atoms with E-state index >= 15 is 0 Å². The number of imide groups is 1. The van der Waals surface area contributed by atoms with Crippen LogP contribution in [0.2, 0.25) is 0 Å². The highest BCUT2D eigenvalue weighted by Crippen LogP contribution is 2.45. The summed E-state index contributed by atoms with van der Waals surface area (Å²) in [6, 6.07) is 14.5. The molecule has 1 unspecified atom stereocenters. The Bertz CT molecular complexity index is 2350. The SMILES string of the molecule is CCCN(CC)CC(=O)OCC(=O)Oc1ccccc1-c1cc(-n2cc(N3CCN(C4CCC(c5cccc6c5OCCN6C5CCC(=O)NC5=O)CC4)CC3=O)cn2)c(N)nn1. The van der Waals surface area contributed by atoms with Crippen LogP contribution in [-0.4, -0.2) is 131 Å². The lowest BCUT2D eigenvalue weighted by Crippen LogP contribution is -2.54. The lowest BCUT2D eigenvalue weighted by molar-refractivity contribution is -0.154. The number of hydrogen-bond donors (Lipinski definition) is 2. The number of nitrogen functional groups attached to an aromatic ring is 1. The molecule has 18 nitrogen and oxygen atoms in total. The first-order valence-electron chi connectivity index (χ1n) is 21.9. The van der Waals surface area contributed by atoms with Gasteiger partial charge in [0.15, 0.2) is 12.4 Å². The molecule has 2 saturated heterocycles. The monoisotopic (exact) mass is 862 g/mol. The molecule has 18 heteroatoms. The van der Waals surface area contributed by atoms with Gasteiger partial charge in [-0.2, -0.15) is 5.10 Å². The molecule has 1 atom stereocenters. The van der Waals surface area contributed by atoms with Crippen LogP contribution in [0.15, 0.2) is 60.9 Å². The number of fused-ring (bicyclic) bond motifs is 1. The van der Waals surface area contributed by atoms with Crippen LogP contribution in [0, 0.1) is 0 Å². The molecule has 0 bridgehead atoms. The van der Waals surface area contributed by atoms with Crippen molar-refractivity contribution in [3.8, 4) is 28.4 Å². The van der Waals surface area contributed by atoms with Gasteiger partial charge in [-0.3, -0.25) is 34.3 Å². The van der Waals surface area contributed by atoms with E-state index in [9.17, 15) is 24.0 Å². The molecule has 4 aromatic rings. The number of carbonyl (C=O) groups excluding carboxylic acids is 5. The average molecular weight is 863 g/mol. The molecule has 4 aliphatic rings. The zero-order valence-electron chi connectivity index (χ0n) is 35.7. The van der Waals surface area contributed by atoms with E-state index in [0.717, 1.165) is 55.6 Å². The maximum absolute atomic E-state index is 13.7. The smallest absolute Gasteiger partial charge is 0.349 e. The fourth-order valence-corrected chi connectivity index (χ4v) is 9.19. The first-order chi connectivity index (χ1) is 30.6. The van der Waals surface area contributed by atoms with Crippen molar-refractivity contribution in [3.05, 3.63) is 66.5 Å². The molecular weight excluding hydrogens is 809 g/mol. The van der Waals surface area contributed by atoms with Gasteiger partial charge in [-0.15, -0.1) is 10.2 Å².